The van der Waals surface area contributed by atoms with Crippen molar-refractivity contribution < 1.29 is 24.6 Å². The molecule has 12 heteroatoms. The number of benzene rings is 1. The van der Waals surface area contributed by atoms with E-state index in [0.717, 1.165) is 4.90 Å². The molecule has 194 valence electrons. The zero-order valence-electron chi connectivity index (χ0n) is 20.1. The minimum absolute atomic E-state index is 0.00878. The molecule has 0 unspecified atom stereocenters. The van der Waals surface area contributed by atoms with Crippen molar-refractivity contribution in [2.45, 2.75) is 42.8 Å². The number of carboxylic acid groups (broad SMARTS) is 1. The highest BCUT2D eigenvalue weighted by atomic mass is 32.2. The van der Waals surface area contributed by atoms with Gasteiger partial charge in [-0.2, -0.15) is 5.26 Å². The predicted molar refractivity (Wildman–Crippen MR) is 139 cm³/mol. The number of aliphatic hydroxyl groups excluding tert-OH is 1. The molecule has 2 aliphatic rings. The van der Waals surface area contributed by atoms with Gasteiger partial charge < -0.3 is 26.2 Å². The summed E-state index contributed by atoms with van der Waals surface area (Å²) >= 11 is 1.41. The van der Waals surface area contributed by atoms with E-state index in [2.05, 4.69) is 25.9 Å². The van der Waals surface area contributed by atoms with Gasteiger partial charge in [0.2, 0.25) is 11.8 Å². The summed E-state index contributed by atoms with van der Waals surface area (Å²) in [6, 6.07) is 13.6. The third-order valence-corrected chi connectivity index (χ3v) is 7.96. The summed E-state index contributed by atoms with van der Waals surface area (Å²) in [5.74, 6) is -1.33. The average Bonchev–Trinajstić information content (AvgIpc) is 2.91. The van der Waals surface area contributed by atoms with Crippen LogP contribution in [0.25, 0.3) is 10.9 Å². The maximum absolute atomic E-state index is 13.4. The lowest BCUT2D eigenvalue weighted by molar-refractivity contribution is -0.159. The zero-order chi connectivity index (χ0) is 26.9. The Hall–Kier alpha value is -4.05. The number of rotatable bonds is 6. The number of carboxylic acids is 1. The van der Waals surface area contributed by atoms with E-state index in [-0.39, 0.29) is 30.9 Å². The van der Waals surface area contributed by atoms with Gasteiger partial charge in [0.15, 0.2) is 0 Å². The van der Waals surface area contributed by atoms with Crippen LogP contribution in [0.2, 0.25) is 0 Å². The summed E-state index contributed by atoms with van der Waals surface area (Å²) in [6.45, 7) is 0.296. The topological polar surface area (TPSA) is 177 Å². The molecule has 0 bridgehead atoms. The summed E-state index contributed by atoms with van der Waals surface area (Å²) in [6.07, 6.45) is -1.13. The normalized spacial score (nSPS) is 22.7. The monoisotopic (exact) mass is 532 g/mol. The lowest BCUT2D eigenvalue weighted by Crippen LogP contribution is -2.54. The van der Waals surface area contributed by atoms with Crippen LogP contribution in [-0.4, -0.2) is 55.9 Å². The lowest BCUT2D eigenvalue weighted by Gasteiger charge is -2.39. The molecule has 2 aromatic heterocycles. The van der Waals surface area contributed by atoms with Crippen molar-refractivity contribution >= 4 is 52.0 Å². The maximum Gasteiger partial charge on any atom is 0.319 e. The molecule has 38 heavy (non-hydrogen) atoms. The number of pyridine rings is 2. The van der Waals surface area contributed by atoms with Gasteiger partial charge in [-0.3, -0.25) is 14.4 Å². The van der Waals surface area contributed by atoms with Crippen LogP contribution in [0.15, 0.2) is 47.4 Å². The molecule has 1 aliphatic heterocycles. The molecular formula is C26H24N6O5S. The van der Waals surface area contributed by atoms with Gasteiger partial charge in [-0.1, -0.05) is 12.1 Å². The molecule has 5 rings (SSSR count). The van der Waals surface area contributed by atoms with Crippen molar-refractivity contribution in [1.29, 1.82) is 5.26 Å². The number of hydrogen-bond donors (Lipinski definition) is 5. The third-order valence-electron chi connectivity index (χ3n) is 6.91. The Morgan fingerprint density at radius 1 is 1.21 bits per heavy atom. The molecule has 0 spiro atoms. The van der Waals surface area contributed by atoms with E-state index in [9.17, 15) is 29.9 Å². The van der Waals surface area contributed by atoms with Crippen LogP contribution < -0.4 is 16.0 Å². The fraction of sp³-hybridized carbons (Fsp3) is 0.308. The first-order valence-corrected chi connectivity index (χ1v) is 13.0. The van der Waals surface area contributed by atoms with Crippen LogP contribution in [0.5, 0.6) is 0 Å². The maximum atomic E-state index is 13.4. The number of fused-ring (bicyclic) bond motifs is 2. The van der Waals surface area contributed by atoms with E-state index in [1.54, 1.807) is 30.3 Å². The molecular weight excluding hydrogens is 508 g/mol. The number of amides is 2. The van der Waals surface area contributed by atoms with Crippen LogP contribution in [0.3, 0.4) is 0 Å². The second-order valence-corrected chi connectivity index (χ2v) is 10.3. The quantitative estimate of drug-likeness (QED) is 0.296. The van der Waals surface area contributed by atoms with E-state index in [0.29, 0.717) is 40.4 Å². The van der Waals surface area contributed by atoms with E-state index in [1.807, 2.05) is 18.2 Å². The number of aliphatic hydroxyl groups is 1. The number of nitrogens with one attached hydrogen (secondary N) is 3. The van der Waals surface area contributed by atoms with Crippen LogP contribution in [0, 0.1) is 16.7 Å². The number of aromatic nitrogens is 2. The molecule has 1 saturated carbocycles. The number of aliphatic carboxylic acids is 1. The summed E-state index contributed by atoms with van der Waals surface area (Å²) in [7, 11) is 0. The summed E-state index contributed by atoms with van der Waals surface area (Å²) < 4.78 is 0. The van der Waals surface area contributed by atoms with Crippen LogP contribution in [-0.2, 0) is 20.9 Å². The van der Waals surface area contributed by atoms with Gasteiger partial charge in [-0.15, -0.1) is 11.8 Å². The number of para-hydroxylation sites is 1. The highest BCUT2D eigenvalue weighted by molar-refractivity contribution is 8.00. The summed E-state index contributed by atoms with van der Waals surface area (Å²) in [5.41, 5.74) is -0.333. The Labute approximate surface area is 221 Å². The smallest absolute Gasteiger partial charge is 0.319 e. The number of hydrogen-bond acceptors (Lipinski definition) is 9. The van der Waals surface area contributed by atoms with Gasteiger partial charge in [0.05, 0.1) is 33.7 Å². The Morgan fingerprint density at radius 2 is 2.05 bits per heavy atom. The minimum atomic E-state index is -1.84. The Bertz CT molecular complexity index is 1490. The SMILES string of the molecule is N#Cc1ccc2cccc(NC(=O)[C@]3(C(=O)O)CC[C@H](NCc4ccc5c(n4)NC(=O)CS5)[C@H](O)C3)c2n1. The molecule has 0 radical (unpaired) electrons. The highest BCUT2D eigenvalue weighted by Crippen LogP contribution is 2.39. The molecule has 3 aromatic rings. The zero-order valence-corrected chi connectivity index (χ0v) is 20.9. The molecule has 1 fully saturated rings. The van der Waals surface area contributed by atoms with Crippen LogP contribution >= 0.6 is 11.8 Å². The van der Waals surface area contributed by atoms with Crippen LogP contribution in [0.1, 0.15) is 30.7 Å². The third kappa shape index (κ3) is 4.91. The van der Waals surface area contributed by atoms with Gasteiger partial charge in [-0.25, -0.2) is 9.97 Å². The first-order chi connectivity index (χ1) is 18.3. The second-order valence-electron chi connectivity index (χ2n) is 9.31. The molecule has 1 aliphatic carbocycles. The van der Waals surface area contributed by atoms with Crippen molar-refractivity contribution in [3.05, 3.63) is 53.9 Å². The number of nitrogens with zero attached hydrogens (tertiary/aromatic N) is 3. The van der Waals surface area contributed by atoms with Crippen LogP contribution in [0.4, 0.5) is 11.5 Å². The van der Waals surface area contributed by atoms with Crippen molar-refractivity contribution in [2.24, 2.45) is 5.41 Å². The summed E-state index contributed by atoms with van der Waals surface area (Å²) in [4.78, 5) is 47.0. The molecule has 3 atom stereocenters. The standard InChI is InChI=1S/C26H24N6O5S/c27-11-15-5-4-14-2-1-3-18(22(14)29-15)31-24(35)26(25(36)37)9-8-17(19(33)10-26)28-12-16-6-7-20-23(30-16)32-21(34)13-38-20/h1-7,17,19,28,33H,8-10,12-13H2,(H,31,35)(H,36,37)(H,30,32,34)/t17-,19+,26-/m0/s1. The Morgan fingerprint density at radius 3 is 2.82 bits per heavy atom. The average molecular weight is 533 g/mol. The van der Waals surface area contributed by atoms with Gasteiger partial charge in [-0.05, 0) is 49.6 Å². The first-order valence-electron chi connectivity index (χ1n) is 12.0. The van der Waals surface area contributed by atoms with E-state index >= 15 is 0 Å². The molecule has 2 amide bonds. The largest absolute Gasteiger partial charge is 0.480 e. The number of carbonyl (C=O) groups excluding carboxylic acids is 2. The number of carbonyl (C=O) groups is 3. The first kappa shape index (κ1) is 25.6. The number of thioether (sulfide) groups is 1. The van der Waals surface area contributed by atoms with Gasteiger partial charge in [0.1, 0.15) is 23.0 Å². The predicted octanol–water partition coefficient (Wildman–Crippen LogP) is 2.26. The molecule has 3 heterocycles. The minimum Gasteiger partial charge on any atom is -0.480 e. The van der Waals surface area contributed by atoms with Crippen molar-refractivity contribution in [2.75, 3.05) is 16.4 Å². The fourth-order valence-electron chi connectivity index (χ4n) is 4.82. The Kier molecular flexibility index (Phi) is 6.98. The molecule has 5 N–H and O–H groups in total. The molecule has 11 nitrogen and oxygen atoms in total. The van der Waals surface area contributed by atoms with Crippen molar-refractivity contribution in [3.8, 4) is 6.07 Å². The lowest BCUT2D eigenvalue weighted by atomic mass is 9.70. The van der Waals surface area contributed by atoms with Gasteiger partial charge in [0.25, 0.3) is 0 Å². The van der Waals surface area contributed by atoms with Gasteiger partial charge >= 0.3 is 5.97 Å². The summed E-state index contributed by atoms with van der Waals surface area (Å²) in [5, 5.41) is 39.5. The highest BCUT2D eigenvalue weighted by Gasteiger charge is 2.51. The van der Waals surface area contributed by atoms with Crippen molar-refractivity contribution in [3.63, 3.8) is 0 Å². The van der Waals surface area contributed by atoms with E-state index in [4.69, 9.17) is 0 Å². The van der Waals surface area contributed by atoms with Crippen molar-refractivity contribution in [1.82, 2.24) is 15.3 Å². The fourth-order valence-corrected chi connectivity index (χ4v) is 5.58. The van der Waals surface area contributed by atoms with Gasteiger partial charge in [0, 0.05) is 18.0 Å². The Balaban J connectivity index is 1.28. The molecule has 1 aromatic carbocycles. The number of anilines is 2. The molecule has 0 saturated heterocycles. The number of nitriles is 1. The van der Waals surface area contributed by atoms with E-state index < -0.39 is 29.4 Å². The van der Waals surface area contributed by atoms with E-state index in [1.165, 1.54) is 11.8 Å². The second kappa shape index (κ2) is 10.4.